The van der Waals surface area contributed by atoms with Gasteiger partial charge in [0.15, 0.2) is 5.05 Å². The summed E-state index contributed by atoms with van der Waals surface area (Å²) in [6, 6.07) is 0. The number of hydrogen-bond acceptors (Lipinski definition) is 3. The fourth-order valence-electron chi connectivity index (χ4n) is 0.144. The minimum atomic E-state index is 0.412. The van der Waals surface area contributed by atoms with Gasteiger partial charge in [0.1, 0.15) is 0 Å². The zero-order valence-electron chi connectivity index (χ0n) is 4.22. The van der Waals surface area contributed by atoms with Crippen molar-refractivity contribution < 1.29 is 4.74 Å². The van der Waals surface area contributed by atoms with E-state index in [0.717, 1.165) is 0 Å². The predicted molar refractivity (Wildman–Crippen MR) is 37.9 cm³/mol. The molecule has 0 aromatic carbocycles. The molecule has 0 aliphatic carbocycles. The van der Waals surface area contributed by atoms with Crippen molar-refractivity contribution in [3.05, 3.63) is 0 Å². The molecule has 0 aliphatic heterocycles. The van der Waals surface area contributed by atoms with Gasteiger partial charge in [0.05, 0.1) is 12.0 Å². The number of rotatable bonds is 1. The van der Waals surface area contributed by atoms with Gasteiger partial charge in [-0.3, -0.25) is 0 Å². The van der Waals surface area contributed by atoms with Crippen LogP contribution < -0.4 is 0 Å². The van der Waals surface area contributed by atoms with Crippen LogP contribution in [0, 0.1) is 0 Å². The highest BCUT2D eigenvalue weighted by atomic mass is 32.1. The van der Waals surface area contributed by atoms with E-state index in [4.69, 9.17) is 0 Å². The molecule has 0 saturated heterocycles. The molecular weight excluding hydrogens is 128 g/mol. The summed E-state index contributed by atoms with van der Waals surface area (Å²) in [4.78, 5) is 0.637. The number of methoxy groups -OCH3 is 1. The molecule has 0 fully saturated rings. The van der Waals surface area contributed by atoms with Crippen LogP contribution in [0.15, 0.2) is 0 Å². The predicted octanol–water partition coefficient (Wildman–Crippen LogP) is 1.35. The summed E-state index contributed by atoms with van der Waals surface area (Å²) < 4.78 is 4.60. The van der Waals surface area contributed by atoms with Crippen molar-refractivity contribution in [1.82, 2.24) is 0 Å². The third kappa shape index (κ3) is 2.65. The van der Waals surface area contributed by atoms with Crippen molar-refractivity contribution in [2.75, 3.05) is 7.11 Å². The Bertz CT molecular complexity index is 97.9. The van der Waals surface area contributed by atoms with Crippen molar-refractivity contribution in [2.45, 2.75) is 6.92 Å². The van der Waals surface area contributed by atoms with Crippen LogP contribution >= 0.6 is 24.4 Å². The van der Waals surface area contributed by atoms with Crippen LogP contribution in [0.25, 0.3) is 0 Å². The summed E-state index contributed by atoms with van der Waals surface area (Å²) in [5, 5.41) is 0.412. The van der Waals surface area contributed by atoms with E-state index < -0.39 is 0 Å². The van der Waals surface area contributed by atoms with Gasteiger partial charge >= 0.3 is 0 Å². The smallest absolute Gasteiger partial charge is 0.197 e. The molecule has 1 nitrogen and oxygen atoms in total. The highest BCUT2D eigenvalue weighted by Gasteiger charge is 1.92. The normalized spacial score (nSPS) is 7.71. The van der Waals surface area contributed by atoms with Gasteiger partial charge in [-0.2, -0.15) is 0 Å². The van der Waals surface area contributed by atoms with E-state index in [1.165, 1.54) is 7.11 Å². The molecule has 0 aromatic heterocycles. The lowest BCUT2D eigenvalue weighted by Gasteiger charge is -1.94. The van der Waals surface area contributed by atoms with Crippen LogP contribution in [0.1, 0.15) is 6.92 Å². The first-order chi connectivity index (χ1) is 3.18. The molecule has 0 unspecified atom stereocenters. The van der Waals surface area contributed by atoms with E-state index in [2.05, 4.69) is 29.2 Å². The van der Waals surface area contributed by atoms with Gasteiger partial charge in [0.2, 0.25) is 0 Å². The Hall–Kier alpha value is -0.0200. The summed E-state index contributed by atoms with van der Waals surface area (Å²) in [6.07, 6.45) is 0. The molecule has 0 amide bonds. The minimum Gasteiger partial charge on any atom is -0.486 e. The van der Waals surface area contributed by atoms with Crippen LogP contribution in [-0.2, 0) is 4.74 Å². The summed E-state index contributed by atoms with van der Waals surface area (Å²) in [6.45, 7) is 1.74. The van der Waals surface area contributed by atoms with E-state index in [0.29, 0.717) is 9.92 Å². The van der Waals surface area contributed by atoms with Gasteiger partial charge in [-0.1, -0.05) is 12.2 Å². The van der Waals surface area contributed by atoms with Gasteiger partial charge in [0.25, 0.3) is 0 Å². The maximum atomic E-state index is 4.65. The van der Waals surface area contributed by atoms with Gasteiger partial charge in [-0.15, -0.1) is 0 Å². The van der Waals surface area contributed by atoms with Gasteiger partial charge < -0.3 is 4.74 Å². The number of thiocarbonyl (C=S) groups is 2. The molecular formula is C4H6OS2. The van der Waals surface area contributed by atoms with Crippen LogP contribution in [0.2, 0.25) is 0 Å². The Morgan fingerprint density at radius 2 is 1.86 bits per heavy atom. The lowest BCUT2D eigenvalue weighted by atomic mass is 10.5. The number of hydrogen-bond donors (Lipinski definition) is 0. The van der Waals surface area contributed by atoms with E-state index in [1.54, 1.807) is 6.92 Å². The van der Waals surface area contributed by atoms with Crippen molar-refractivity contribution in [2.24, 2.45) is 0 Å². The third-order valence-corrected chi connectivity index (χ3v) is 1.26. The monoisotopic (exact) mass is 134 g/mol. The lowest BCUT2D eigenvalue weighted by Crippen LogP contribution is -2.05. The minimum absolute atomic E-state index is 0.412. The van der Waals surface area contributed by atoms with Gasteiger partial charge in [-0.25, -0.2) is 0 Å². The Balaban J connectivity index is 3.58. The molecule has 7 heavy (non-hydrogen) atoms. The average molecular weight is 134 g/mol. The average Bonchev–Trinajstić information content (AvgIpc) is 1.65. The van der Waals surface area contributed by atoms with Crippen molar-refractivity contribution in [3.63, 3.8) is 0 Å². The SMILES string of the molecule is COC(=S)C(C)=S. The van der Waals surface area contributed by atoms with Crippen LogP contribution in [0.3, 0.4) is 0 Å². The van der Waals surface area contributed by atoms with E-state index in [9.17, 15) is 0 Å². The third-order valence-electron chi connectivity index (χ3n) is 0.473. The molecule has 0 aromatic rings. The first-order valence-corrected chi connectivity index (χ1v) is 2.59. The van der Waals surface area contributed by atoms with Crippen molar-refractivity contribution in [1.29, 1.82) is 0 Å². The molecule has 0 rings (SSSR count). The second-order valence-corrected chi connectivity index (χ2v) is 2.03. The molecule has 0 aliphatic rings. The zero-order chi connectivity index (χ0) is 5.86. The summed E-state index contributed by atoms with van der Waals surface area (Å²) in [5.41, 5.74) is 0. The fraction of sp³-hybridized carbons (Fsp3) is 0.500. The topological polar surface area (TPSA) is 9.23 Å². The molecule has 0 saturated carbocycles. The van der Waals surface area contributed by atoms with E-state index >= 15 is 0 Å². The van der Waals surface area contributed by atoms with Gasteiger partial charge in [0, 0.05) is 0 Å². The highest BCUT2D eigenvalue weighted by Crippen LogP contribution is 1.82. The fourth-order valence-corrected chi connectivity index (χ4v) is 0.227. The second-order valence-electron chi connectivity index (χ2n) is 1.05. The second kappa shape index (κ2) is 3.04. The Kier molecular flexibility index (Phi) is 3.04. The summed E-state index contributed by atoms with van der Waals surface area (Å²) >= 11 is 9.27. The first kappa shape index (κ1) is 6.98. The first-order valence-electron chi connectivity index (χ1n) is 1.77. The molecule has 0 spiro atoms. The quantitative estimate of drug-likeness (QED) is 0.501. The van der Waals surface area contributed by atoms with Crippen molar-refractivity contribution in [3.8, 4) is 0 Å². The molecule has 3 heteroatoms. The molecule has 40 valence electrons. The van der Waals surface area contributed by atoms with Crippen LogP contribution in [-0.4, -0.2) is 17.0 Å². The Morgan fingerprint density at radius 1 is 1.43 bits per heavy atom. The van der Waals surface area contributed by atoms with Crippen LogP contribution in [0.5, 0.6) is 0 Å². The maximum absolute atomic E-state index is 4.65. The Morgan fingerprint density at radius 3 is 1.86 bits per heavy atom. The highest BCUT2D eigenvalue weighted by molar-refractivity contribution is 7.89. The summed E-state index contributed by atoms with van der Waals surface area (Å²) in [7, 11) is 1.51. The van der Waals surface area contributed by atoms with Gasteiger partial charge in [-0.05, 0) is 19.1 Å². The standard InChI is InChI=1S/C4H6OS2/c1-3(6)4(7)5-2/h1-2H3. The number of ether oxygens (including phenoxy) is 1. The van der Waals surface area contributed by atoms with Crippen LogP contribution in [0.4, 0.5) is 0 Å². The summed E-state index contributed by atoms with van der Waals surface area (Å²) in [5.74, 6) is 0. The van der Waals surface area contributed by atoms with E-state index in [-0.39, 0.29) is 0 Å². The maximum Gasteiger partial charge on any atom is 0.197 e. The van der Waals surface area contributed by atoms with Crippen molar-refractivity contribution >= 4 is 34.4 Å². The largest absolute Gasteiger partial charge is 0.486 e. The molecule has 0 atom stereocenters. The zero-order valence-corrected chi connectivity index (χ0v) is 5.86. The lowest BCUT2D eigenvalue weighted by molar-refractivity contribution is 0.422. The molecule has 0 heterocycles. The molecule has 0 radical (unpaired) electrons. The molecule has 0 bridgehead atoms. The Labute approximate surface area is 53.7 Å². The van der Waals surface area contributed by atoms with E-state index in [1.807, 2.05) is 0 Å². The molecule has 0 N–H and O–H groups in total.